The van der Waals surface area contributed by atoms with Crippen LogP contribution in [0.2, 0.25) is 0 Å². The average Bonchev–Trinajstić information content (AvgIpc) is 2.29. The second kappa shape index (κ2) is 3.23. The molecule has 2 saturated heterocycles. The Hall–Kier alpha value is -0.280. The van der Waals surface area contributed by atoms with Crippen LogP contribution in [0.1, 0.15) is 26.2 Å². The number of fused-ring (bicyclic) bond motifs is 1. The van der Waals surface area contributed by atoms with E-state index in [0.29, 0.717) is 5.91 Å². The molecule has 2 aliphatic rings. The molecular weight excluding hydrogens is 176 g/mol. The minimum Gasteiger partial charge on any atom is -0.325 e. The van der Waals surface area contributed by atoms with Crippen LogP contribution in [0, 0.1) is 0 Å². The van der Waals surface area contributed by atoms with Crippen molar-refractivity contribution in [2.45, 2.75) is 31.8 Å². The molecule has 0 aliphatic carbocycles. The number of nitrogens with zero attached hydrogens (tertiary/aromatic N) is 1. The molecule has 1 amide bonds. The molecule has 0 radical (unpaired) electrons. The highest BCUT2D eigenvalue weighted by atomic mass is 35.5. The third-order valence-corrected chi connectivity index (χ3v) is 2.79. The van der Waals surface area contributed by atoms with Gasteiger partial charge in [-0.25, -0.2) is 0 Å². The Bertz CT molecular complexity index is 197. The summed E-state index contributed by atoms with van der Waals surface area (Å²) in [4.78, 5) is 13.3. The molecule has 0 aromatic heterocycles. The van der Waals surface area contributed by atoms with E-state index in [2.05, 4.69) is 12.2 Å². The fraction of sp³-hybridized carbons (Fsp3) is 0.875. The zero-order chi connectivity index (χ0) is 7.90. The van der Waals surface area contributed by atoms with Crippen LogP contribution in [0.4, 0.5) is 0 Å². The highest BCUT2D eigenvalue weighted by Crippen LogP contribution is 2.29. The Kier molecular flexibility index (Phi) is 2.64. The fourth-order valence-corrected chi connectivity index (χ4v) is 2.05. The first kappa shape index (κ1) is 9.81. The highest BCUT2D eigenvalue weighted by Gasteiger charge is 2.42. The van der Waals surface area contributed by atoms with Crippen LogP contribution in [0.25, 0.3) is 0 Å². The minimum atomic E-state index is -0.00463. The number of rotatable bonds is 0. The monoisotopic (exact) mass is 190 g/mol. The van der Waals surface area contributed by atoms with Crippen LogP contribution < -0.4 is 5.32 Å². The van der Waals surface area contributed by atoms with Gasteiger partial charge in [0.1, 0.15) is 0 Å². The number of hydrogen-bond donors (Lipinski definition) is 1. The fourth-order valence-electron chi connectivity index (χ4n) is 2.05. The molecule has 3 nitrogen and oxygen atoms in total. The van der Waals surface area contributed by atoms with E-state index in [1.165, 1.54) is 0 Å². The molecule has 2 fully saturated rings. The first-order valence-electron chi connectivity index (χ1n) is 4.28. The second-order valence-corrected chi connectivity index (χ2v) is 3.60. The number of carbonyl (C=O) groups is 1. The van der Waals surface area contributed by atoms with Crippen molar-refractivity contribution in [1.82, 2.24) is 10.2 Å². The van der Waals surface area contributed by atoms with Crippen molar-refractivity contribution in [3.8, 4) is 0 Å². The number of amides is 1. The highest BCUT2D eigenvalue weighted by molar-refractivity contribution is 5.85. The summed E-state index contributed by atoms with van der Waals surface area (Å²) in [6, 6.07) is 0. The van der Waals surface area contributed by atoms with Crippen LogP contribution in [-0.2, 0) is 4.79 Å². The van der Waals surface area contributed by atoms with Crippen molar-refractivity contribution in [1.29, 1.82) is 0 Å². The maximum atomic E-state index is 11.3. The maximum absolute atomic E-state index is 11.3. The van der Waals surface area contributed by atoms with Crippen LogP contribution >= 0.6 is 12.4 Å². The molecule has 2 heterocycles. The summed E-state index contributed by atoms with van der Waals surface area (Å²) in [5, 5.41) is 3.39. The van der Waals surface area contributed by atoms with E-state index in [4.69, 9.17) is 0 Å². The predicted octanol–water partition coefficient (Wildman–Crippen LogP) is 0.740. The third-order valence-electron chi connectivity index (χ3n) is 2.79. The van der Waals surface area contributed by atoms with Crippen molar-refractivity contribution in [2.75, 3.05) is 13.1 Å². The molecule has 0 aromatic rings. The van der Waals surface area contributed by atoms with Gasteiger partial charge in [0.25, 0.3) is 0 Å². The molecule has 1 atom stereocenters. The lowest BCUT2D eigenvalue weighted by molar-refractivity contribution is -0.132. The molecular formula is C8H15ClN2O. The molecule has 12 heavy (non-hydrogen) atoms. The first-order chi connectivity index (χ1) is 5.22. The van der Waals surface area contributed by atoms with Crippen LogP contribution in [0.15, 0.2) is 0 Å². The smallest absolute Gasteiger partial charge is 0.224 e. The van der Waals surface area contributed by atoms with Gasteiger partial charge in [-0.2, -0.15) is 0 Å². The lowest BCUT2D eigenvalue weighted by Gasteiger charge is -2.40. The average molecular weight is 191 g/mol. The Morgan fingerprint density at radius 2 is 2.33 bits per heavy atom. The first-order valence-corrected chi connectivity index (χ1v) is 4.28. The summed E-state index contributed by atoms with van der Waals surface area (Å²) in [6.07, 6.45) is 2.80. The Morgan fingerprint density at radius 3 is 3.00 bits per heavy atom. The topological polar surface area (TPSA) is 32.3 Å². The van der Waals surface area contributed by atoms with Gasteiger partial charge in [0.2, 0.25) is 5.91 Å². The lowest BCUT2D eigenvalue weighted by Crippen LogP contribution is -2.58. The van der Waals surface area contributed by atoms with Gasteiger partial charge in [-0.15, -0.1) is 12.4 Å². The minimum absolute atomic E-state index is 0. The van der Waals surface area contributed by atoms with E-state index >= 15 is 0 Å². The van der Waals surface area contributed by atoms with Crippen LogP contribution in [0.5, 0.6) is 0 Å². The Morgan fingerprint density at radius 1 is 1.58 bits per heavy atom. The van der Waals surface area contributed by atoms with Crippen molar-refractivity contribution >= 4 is 18.3 Å². The number of halogens is 1. The lowest BCUT2D eigenvalue weighted by atomic mass is 10.1. The number of hydrogen-bond acceptors (Lipinski definition) is 2. The van der Waals surface area contributed by atoms with E-state index in [9.17, 15) is 4.79 Å². The largest absolute Gasteiger partial charge is 0.325 e. The van der Waals surface area contributed by atoms with Crippen molar-refractivity contribution in [3.05, 3.63) is 0 Å². The summed E-state index contributed by atoms with van der Waals surface area (Å²) < 4.78 is 0. The zero-order valence-electron chi connectivity index (χ0n) is 7.30. The molecule has 70 valence electrons. The number of carbonyl (C=O) groups excluding carboxylic acids is 1. The Balaban J connectivity index is 0.000000720. The molecule has 4 heteroatoms. The molecule has 0 bridgehead atoms. The van der Waals surface area contributed by atoms with Gasteiger partial charge < -0.3 is 4.90 Å². The molecule has 2 aliphatic heterocycles. The van der Waals surface area contributed by atoms with Crippen LogP contribution in [0.3, 0.4) is 0 Å². The van der Waals surface area contributed by atoms with Gasteiger partial charge in [-0.3, -0.25) is 10.1 Å². The SMILES string of the molecule is CC12CCC(=O)N1CCCN2.Cl. The quantitative estimate of drug-likeness (QED) is 0.611. The van der Waals surface area contributed by atoms with E-state index in [1.807, 2.05) is 4.90 Å². The summed E-state index contributed by atoms with van der Waals surface area (Å²) in [7, 11) is 0. The normalized spacial score (nSPS) is 34.4. The van der Waals surface area contributed by atoms with Gasteiger partial charge >= 0.3 is 0 Å². The van der Waals surface area contributed by atoms with E-state index in [-0.39, 0.29) is 18.1 Å². The Labute approximate surface area is 78.9 Å². The maximum Gasteiger partial charge on any atom is 0.224 e. The predicted molar refractivity (Wildman–Crippen MR) is 49.2 cm³/mol. The van der Waals surface area contributed by atoms with E-state index < -0.39 is 0 Å². The van der Waals surface area contributed by atoms with Gasteiger partial charge in [-0.1, -0.05) is 0 Å². The van der Waals surface area contributed by atoms with Gasteiger partial charge in [0.15, 0.2) is 0 Å². The van der Waals surface area contributed by atoms with Gasteiger partial charge in [0, 0.05) is 13.0 Å². The van der Waals surface area contributed by atoms with Crippen molar-refractivity contribution in [2.24, 2.45) is 0 Å². The summed E-state index contributed by atoms with van der Waals surface area (Å²) in [5.41, 5.74) is -0.00463. The van der Waals surface area contributed by atoms with Crippen molar-refractivity contribution in [3.63, 3.8) is 0 Å². The summed E-state index contributed by atoms with van der Waals surface area (Å²) in [5.74, 6) is 0.319. The summed E-state index contributed by atoms with van der Waals surface area (Å²) >= 11 is 0. The second-order valence-electron chi connectivity index (χ2n) is 3.60. The van der Waals surface area contributed by atoms with Crippen LogP contribution in [-0.4, -0.2) is 29.6 Å². The summed E-state index contributed by atoms with van der Waals surface area (Å²) in [6.45, 7) is 4.12. The molecule has 0 saturated carbocycles. The molecule has 0 aromatic carbocycles. The third kappa shape index (κ3) is 1.31. The van der Waals surface area contributed by atoms with E-state index in [1.54, 1.807) is 0 Å². The molecule has 1 unspecified atom stereocenters. The van der Waals surface area contributed by atoms with E-state index in [0.717, 1.165) is 32.4 Å². The molecule has 0 spiro atoms. The number of nitrogens with one attached hydrogen (secondary N) is 1. The molecule has 1 N–H and O–H groups in total. The molecule has 2 rings (SSSR count). The standard InChI is InChI=1S/C8H14N2O.ClH/c1-8-4-3-7(11)10(8)6-2-5-9-8;/h9H,2-6H2,1H3;1H. The van der Waals surface area contributed by atoms with Gasteiger partial charge in [-0.05, 0) is 26.3 Å². The van der Waals surface area contributed by atoms with Gasteiger partial charge in [0.05, 0.1) is 5.66 Å². The zero-order valence-corrected chi connectivity index (χ0v) is 8.12. The van der Waals surface area contributed by atoms with Crippen molar-refractivity contribution < 1.29 is 4.79 Å².